The van der Waals surface area contributed by atoms with Crippen LogP contribution in [0.25, 0.3) is 0 Å². The lowest BCUT2D eigenvalue weighted by Gasteiger charge is -2.40. The second-order valence-electron chi connectivity index (χ2n) is 13.0. The lowest BCUT2D eigenvalue weighted by Crippen LogP contribution is -2.59. The molecule has 0 saturated carbocycles. The minimum atomic E-state index is -1.19. The number of carbonyl (C=O) groups excluding carboxylic acids is 3. The quantitative estimate of drug-likeness (QED) is 0.272. The molecule has 258 valence electrons. The molecule has 4 aliphatic rings. The van der Waals surface area contributed by atoms with Crippen molar-refractivity contribution in [2.24, 2.45) is 11.8 Å². The van der Waals surface area contributed by atoms with Crippen LogP contribution in [-0.4, -0.2) is 127 Å². The molecule has 0 radical (unpaired) electrons. The van der Waals surface area contributed by atoms with Gasteiger partial charge < -0.3 is 34.0 Å². The molecule has 11 nitrogen and oxygen atoms in total. The highest BCUT2D eigenvalue weighted by atomic mass is 16.5. The SMILES string of the molecule is C=CCN(CCN1CCOCC1)C(=O)C1N([C@@H](CC)CO)C(=O)[C@@H]2[C@H](C(=O)N(CC=C)c3ccc(OCC)cc3)[C@]3(CC)CCC12O3. The van der Waals surface area contributed by atoms with Crippen molar-refractivity contribution in [2.45, 2.75) is 69.7 Å². The number of likely N-dealkylation sites (tertiary alicyclic amines) is 1. The van der Waals surface area contributed by atoms with Crippen molar-refractivity contribution >= 4 is 23.4 Å². The third kappa shape index (κ3) is 6.23. The maximum atomic E-state index is 14.8. The Kier molecular flexibility index (Phi) is 11.1. The second-order valence-corrected chi connectivity index (χ2v) is 13.0. The van der Waals surface area contributed by atoms with Gasteiger partial charge in [0.15, 0.2) is 0 Å². The number of ether oxygens (including phenoxy) is 3. The van der Waals surface area contributed by atoms with Crippen molar-refractivity contribution in [3.8, 4) is 5.75 Å². The summed E-state index contributed by atoms with van der Waals surface area (Å²) in [7, 11) is 0. The summed E-state index contributed by atoms with van der Waals surface area (Å²) in [4.78, 5) is 51.6. The smallest absolute Gasteiger partial charge is 0.248 e. The van der Waals surface area contributed by atoms with E-state index in [4.69, 9.17) is 14.2 Å². The van der Waals surface area contributed by atoms with E-state index in [1.54, 1.807) is 26.9 Å². The minimum Gasteiger partial charge on any atom is -0.494 e. The van der Waals surface area contributed by atoms with Gasteiger partial charge in [-0.2, -0.15) is 0 Å². The number of benzene rings is 1. The summed E-state index contributed by atoms with van der Waals surface area (Å²) >= 11 is 0. The van der Waals surface area contributed by atoms with Gasteiger partial charge >= 0.3 is 0 Å². The van der Waals surface area contributed by atoms with Crippen LogP contribution in [0.15, 0.2) is 49.6 Å². The summed E-state index contributed by atoms with van der Waals surface area (Å²) in [5.41, 5.74) is -1.42. The predicted octanol–water partition coefficient (Wildman–Crippen LogP) is 2.88. The zero-order chi connectivity index (χ0) is 33.8. The predicted molar refractivity (Wildman–Crippen MR) is 179 cm³/mol. The van der Waals surface area contributed by atoms with Crippen LogP contribution in [0.3, 0.4) is 0 Å². The highest BCUT2D eigenvalue weighted by Crippen LogP contribution is 2.65. The summed E-state index contributed by atoms with van der Waals surface area (Å²) in [5.74, 6) is -1.72. The molecule has 0 aliphatic carbocycles. The minimum absolute atomic E-state index is 0.226. The van der Waals surface area contributed by atoms with Gasteiger partial charge in [-0.3, -0.25) is 19.3 Å². The van der Waals surface area contributed by atoms with Crippen LogP contribution < -0.4 is 9.64 Å². The molecule has 2 bridgehead atoms. The van der Waals surface area contributed by atoms with Crippen molar-refractivity contribution < 1.29 is 33.7 Å². The lowest BCUT2D eigenvalue weighted by molar-refractivity contribution is -0.156. The van der Waals surface area contributed by atoms with Gasteiger partial charge in [0.05, 0.1) is 49.9 Å². The van der Waals surface area contributed by atoms with Gasteiger partial charge in [0.25, 0.3) is 0 Å². The van der Waals surface area contributed by atoms with Gasteiger partial charge in [0.1, 0.15) is 17.4 Å². The number of carbonyl (C=O) groups is 3. The van der Waals surface area contributed by atoms with Crippen LogP contribution in [0.1, 0.15) is 46.5 Å². The number of hydrogen-bond acceptors (Lipinski definition) is 8. The Morgan fingerprint density at radius 1 is 1.09 bits per heavy atom. The van der Waals surface area contributed by atoms with Crippen LogP contribution in [0.5, 0.6) is 5.75 Å². The molecule has 3 amide bonds. The Morgan fingerprint density at radius 3 is 2.38 bits per heavy atom. The van der Waals surface area contributed by atoms with Crippen LogP contribution in [0, 0.1) is 11.8 Å². The topological polar surface area (TPSA) is 112 Å². The molecule has 11 heteroatoms. The van der Waals surface area contributed by atoms with E-state index in [-0.39, 0.29) is 30.9 Å². The van der Waals surface area contributed by atoms with E-state index in [1.165, 1.54) is 0 Å². The number of amides is 3. The number of nitrogens with zero attached hydrogens (tertiary/aromatic N) is 4. The zero-order valence-corrected chi connectivity index (χ0v) is 28.3. The van der Waals surface area contributed by atoms with Crippen LogP contribution in [0.2, 0.25) is 0 Å². The van der Waals surface area contributed by atoms with E-state index >= 15 is 0 Å². The number of rotatable bonds is 16. The first-order valence-electron chi connectivity index (χ1n) is 17.2. The summed E-state index contributed by atoms with van der Waals surface area (Å²) in [6.07, 6.45) is 5.38. The molecule has 1 spiro atoms. The number of morpholine rings is 1. The summed E-state index contributed by atoms with van der Waals surface area (Å²) < 4.78 is 18.1. The molecule has 5 rings (SSSR count). The maximum Gasteiger partial charge on any atom is 0.248 e. The highest BCUT2D eigenvalue weighted by Gasteiger charge is 2.79. The fourth-order valence-electron chi connectivity index (χ4n) is 8.33. The van der Waals surface area contributed by atoms with Crippen molar-refractivity contribution in [3.63, 3.8) is 0 Å². The van der Waals surface area contributed by atoms with Gasteiger partial charge in [-0.05, 0) is 56.9 Å². The molecule has 4 aliphatic heterocycles. The van der Waals surface area contributed by atoms with Crippen molar-refractivity contribution in [3.05, 3.63) is 49.6 Å². The molecular formula is C36H52N4O7. The third-order valence-corrected chi connectivity index (χ3v) is 10.7. The standard InChI is InChI=1S/C36H52N4O7/c1-6-17-38(20-19-37-21-23-45-24-22-37)34(44)31-36-16-15-35(9-4,47-36)29(30(36)33(43)40(31)26(8-3)25-41)32(42)39(18-7-2)27-11-13-28(14-12-27)46-10-5/h6-7,11-14,26,29-31,41H,1-2,8-10,15-25H2,3-5H3/t26-,29+,30-,31?,35-,36?/m0/s1. The summed E-state index contributed by atoms with van der Waals surface area (Å²) in [6.45, 7) is 18.4. The molecular weight excluding hydrogens is 600 g/mol. The molecule has 4 fully saturated rings. The Hall–Kier alpha value is -3.25. The van der Waals surface area contributed by atoms with Crippen LogP contribution in [-0.2, 0) is 23.9 Å². The van der Waals surface area contributed by atoms with Crippen molar-refractivity contribution in [1.82, 2.24) is 14.7 Å². The summed E-state index contributed by atoms with van der Waals surface area (Å²) in [6, 6.07) is 5.77. The zero-order valence-electron chi connectivity index (χ0n) is 28.3. The van der Waals surface area contributed by atoms with E-state index in [2.05, 4.69) is 18.1 Å². The van der Waals surface area contributed by atoms with Crippen LogP contribution >= 0.6 is 0 Å². The molecule has 47 heavy (non-hydrogen) atoms. The fraction of sp³-hybridized carbons (Fsp3) is 0.639. The molecule has 1 aromatic rings. The van der Waals surface area contributed by atoms with Crippen LogP contribution in [0.4, 0.5) is 5.69 Å². The van der Waals surface area contributed by atoms with Crippen molar-refractivity contribution in [2.75, 3.05) is 70.6 Å². The van der Waals surface area contributed by atoms with Gasteiger partial charge in [0, 0.05) is 45.0 Å². The molecule has 0 aromatic heterocycles. The van der Waals surface area contributed by atoms with E-state index in [0.29, 0.717) is 76.6 Å². The first-order valence-corrected chi connectivity index (χ1v) is 17.2. The molecule has 2 unspecified atom stereocenters. The average molecular weight is 653 g/mol. The maximum absolute atomic E-state index is 14.8. The molecule has 4 heterocycles. The fourth-order valence-corrected chi connectivity index (χ4v) is 8.33. The van der Waals surface area contributed by atoms with Gasteiger partial charge in [-0.1, -0.05) is 26.0 Å². The van der Waals surface area contributed by atoms with E-state index < -0.39 is 35.1 Å². The number of fused-ring (bicyclic) bond motifs is 1. The number of anilines is 1. The Bertz CT molecular complexity index is 1300. The molecule has 6 atom stereocenters. The first kappa shape index (κ1) is 35.1. The molecule has 4 saturated heterocycles. The van der Waals surface area contributed by atoms with E-state index in [1.807, 2.05) is 45.0 Å². The highest BCUT2D eigenvalue weighted by molar-refractivity contribution is 6.03. The largest absolute Gasteiger partial charge is 0.494 e. The Morgan fingerprint density at radius 2 is 1.79 bits per heavy atom. The second kappa shape index (κ2) is 14.9. The number of hydrogen-bond donors (Lipinski definition) is 1. The van der Waals surface area contributed by atoms with E-state index in [0.717, 1.165) is 13.1 Å². The average Bonchev–Trinajstić information content (AvgIpc) is 3.70. The Labute approximate surface area is 279 Å². The first-order chi connectivity index (χ1) is 22.7. The number of aliphatic hydroxyl groups excluding tert-OH is 1. The van der Waals surface area contributed by atoms with E-state index in [9.17, 15) is 19.5 Å². The Balaban J connectivity index is 1.53. The summed E-state index contributed by atoms with van der Waals surface area (Å²) in [5, 5.41) is 10.5. The van der Waals surface area contributed by atoms with Gasteiger partial charge in [0.2, 0.25) is 17.7 Å². The lowest BCUT2D eigenvalue weighted by atomic mass is 9.64. The van der Waals surface area contributed by atoms with Gasteiger partial charge in [-0.15, -0.1) is 13.2 Å². The third-order valence-electron chi connectivity index (χ3n) is 10.7. The van der Waals surface area contributed by atoms with Crippen molar-refractivity contribution in [1.29, 1.82) is 0 Å². The van der Waals surface area contributed by atoms with Gasteiger partial charge in [-0.25, -0.2) is 0 Å². The number of aliphatic hydroxyl groups is 1. The molecule has 1 N–H and O–H groups in total. The molecule has 1 aromatic carbocycles. The monoisotopic (exact) mass is 652 g/mol. The normalized spacial score (nSPS) is 29.0.